The van der Waals surface area contributed by atoms with Crippen LogP contribution in [0, 0.1) is 0 Å². The molecule has 1 aromatic carbocycles. The van der Waals surface area contributed by atoms with Gasteiger partial charge >= 0.3 is 0 Å². The molecule has 1 aliphatic rings. The Morgan fingerprint density at radius 3 is 2.70 bits per heavy atom. The van der Waals surface area contributed by atoms with Crippen molar-refractivity contribution in [3.05, 3.63) is 29.8 Å². The second kappa shape index (κ2) is 7.11. The molecule has 1 fully saturated rings. The fraction of sp³-hybridized carbons (Fsp3) is 0.533. The first-order valence-electron chi connectivity index (χ1n) is 6.84. The van der Waals surface area contributed by atoms with Crippen molar-refractivity contribution in [1.82, 2.24) is 10.6 Å². The number of carbonyl (C=O) groups excluding carboxylic acids is 1. The Morgan fingerprint density at radius 1 is 1.45 bits per heavy atom. The lowest BCUT2D eigenvalue weighted by Crippen LogP contribution is -2.41. The molecule has 1 aromatic rings. The first-order valence-corrected chi connectivity index (χ1v) is 8.07. The van der Waals surface area contributed by atoms with Gasteiger partial charge in [0, 0.05) is 18.6 Å². The first-order chi connectivity index (χ1) is 9.63. The Balaban J connectivity index is 1.90. The lowest BCUT2D eigenvalue weighted by molar-refractivity contribution is -0.123. The van der Waals surface area contributed by atoms with E-state index in [-0.39, 0.29) is 24.1 Å². The molecule has 20 heavy (non-hydrogen) atoms. The van der Waals surface area contributed by atoms with Crippen molar-refractivity contribution < 1.29 is 9.53 Å². The van der Waals surface area contributed by atoms with Crippen LogP contribution in [0.2, 0.25) is 0 Å². The third-order valence-electron chi connectivity index (χ3n) is 3.71. The molecule has 3 unspecified atom stereocenters. The van der Waals surface area contributed by atoms with E-state index in [1.807, 2.05) is 6.92 Å². The van der Waals surface area contributed by atoms with Crippen molar-refractivity contribution in [3.8, 4) is 0 Å². The highest BCUT2D eigenvalue weighted by Gasteiger charge is 2.29. The Bertz CT molecular complexity index is 450. The van der Waals surface area contributed by atoms with Crippen LogP contribution >= 0.6 is 11.8 Å². The van der Waals surface area contributed by atoms with Gasteiger partial charge in [-0.05, 0) is 37.3 Å². The van der Waals surface area contributed by atoms with E-state index in [1.54, 1.807) is 18.9 Å². The second-order valence-electron chi connectivity index (χ2n) is 5.06. The summed E-state index contributed by atoms with van der Waals surface area (Å²) in [5.74, 6) is 0.0472. The molecule has 1 saturated heterocycles. The first kappa shape index (κ1) is 15.4. The van der Waals surface area contributed by atoms with E-state index in [0.29, 0.717) is 0 Å². The van der Waals surface area contributed by atoms with Crippen molar-refractivity contribution in [1.29, 1.82) is 0 Å². The Hall–Kier alpha value is -1.04. The molecule has 0 bridgehead atoms. The molecule has 110 valence electrons. The molecule has 1 heterocycles. The van der Waals surface area contributed by atoms with Crippen LogP contribution in [0.3, 0.4) is 0 Å². The number of ether oxygens (including phenoxy) is 1. The van der Waals surface area contributed by atoms with Gasteiger partial charge in [0.1, 0.15) is 0 Å². The van der Waals surface area contributed by atoms with Crippen molar-refractivity contribution in [2.24, 2.45) is 0 Å². The molecule has 2 rings (SSSR count). The highest BCUT2D eigenvalue weighted by molar-refractivity contribution is 7.98. The predicted octanol–water partition coefficient (Wildman–Crippen LogP) is 1.96. The number of rotatable bonds is 5. The summed E-state index contributed by atoms with van der Waals surface area (Å²) in [6.07, 6.45) is 2.93. The Morgan fingerprint density at radius 2 is 2.15 bits per heavy atom. The van der Waals surface area contributed by atoms with Gasteiger partial charge in [0.15, 0.2) is 0 Å². The van der Waals surface area contributed by atoms with E-state index >= 15 is 0 Å². The minimum absolute atomic E-state index is 0.0156. The summed E-state index contributed by atoms with van der Waals surface area (Å²) in [6, 6.07) is 8.16. The summed E-state index contributed by atoms with van der Waals surface area (Å²) in [5, 5.41) is 6.25. The molecule has 0 spiro atoms. The number of carbonyl (C=O) groups is 1. The van der Waals surface area contributed by atoms with Gasteiger partial charge < -0.3 is 15.4 Å². The minimum atomic E-state index is -0.145. The maximum absolute atomic E-state index is 12.2. The average molecular weight is 294 g/mol. The van der Waals surface area contributed by atoms with Gasteiger partial charge in [-0.2, -0.15) is 0 Å². The average Bonchev–Trinajstić information content (AvgIpc) is 2.96. The number of thioether (sulfide) groups is 1. The molecule has 0 aromatic heterocycles. The molecule has 1 amide bonds. The molecular formula is C15H22N2O2S. The summed E-state index contributed by atoms with van der Waals surface area (Å²) in [5.41, 5.74) is 1.12. The topological polar surface area (TPSA) is 50.4 Å². The van der Waals surface area contributed by atoms with Crippen LogP contribution in [0.1, 0.15) is 24.9 Å². The lowest BCUT2D eigenvalue weighted by atomic mass is 10.1. The van der Waals surface area contributed by atoms with E-state index in [4.69, 9.17) is 4.74 Å². The molecule has 4 nitrogen and oxygen atoms in total. The van der Waals surface area contributed by atoms with E-state index in [0.717, 1.165) is 18.5 Å². The van der Waals surface area contributed by atoms with Crippen LogP contribution < -0.4 is 10.6 Å². The maximum atomic E-state index is 12.2. The number of methoxy groups -OCH3 is 1. The van der Waals surface area contributed by atoms with Gasteiger partial charge in [-0.3, -0.25) is 4.79 Å². The smallest absolute Gasteiger partial charge is 0.237 e. The number of amides is 1. The largest absolute Gasteiger partial charge is 0.380 e. The van der Waals surface area contributed by atoms with E-state index in [9.17, 15) is 4.79 Å². The molecular weight excluding hydrogens is 272 g/mol. The monoisotopic (exact) mass is 294 g/mol. The highest BCUT2D eigenvalue weighted by Crippen LogP contribution is 2.19. The number of hydrogen-bond donors (Lipinski definition) is 2. The summed E-state index contributed by atoms with van der Waals surface area (Å²) in [7, 11) is 1.68. The van der Waals surface area contributed by atoms with Crippen LogP contribution in [0.15, 0.2) is 29.2 Å². The van der Waals surface area contributed by atoms with Gasteiger partial charge in [0.05, 0.1) is 18.2 Å². The predicted molar refractivity (Wildman–Crippen MR) is 82.0 cm³/mol. The number of benzene rings is 1. The fourth-order valence-corrected chi connectivity index (χ4v) is 2.78. The van der Waals surface area contributed by atoms with Crippen molar-refractivity contribution in [2.45, 2.75) is 36.4 Å². The van der Waals surface area contributed by atoms with Gasteiger partial charge in [-0.1, -0.05) is 12.1 Å². The number of nitrogens with one attached hydrogen (secondary N) is 2. The van der Waals surface area contributed by atoms with E-state index < -0.39 is 0 Å². The molecule has 0 radical (unpaired) electrons. The molecule has 0 aliphatic carbocycles. The van der Waals surface area contributed by atoms with Crippen molar-refractivity contribution >= 4 is 17.7 Å². The Labute approximate surface area is 124 Å². The fourth-order valence-electron chi connectivity index (χ4n) is 2.37. The molecule has 5 heteroatoms. The standard InChI is InChI=1S/C15H22N2O2S/c1-10(11-4-6-13(20-3)7-5-11)17-15(18)14-8-12(19-2)9-16-14/h4-7,10,12,14,16H,8-9H2,1-3H3,(H,17,18). The van der Waals surface area contributed by atoms with Gasteiger partial charge in [-0.25, -0.2) is 0 Å². The zero-order valence-corrected chi connectivity index (χ0v) is 13.0. The van der Waals surface area contributed by atoms with Gasteiger partial charge in [0.25, 0.3) is 0 Å². The SMILES string of the molecule is COC1CNC(C(=O)NC(C)c2ccc(SC)cc2)C1. The molecule has 2 N–H and O–H groups in total. The maximum Gasteiger partial charge on any atom is 0.237 e. The van der Waals surface area contributed by atoms with Crippen LogP contribution in [0.4, 0.5) is 0 Å². The summed E-state index contributed by atoms with van der Waals surface area (Å²) in [6.45, 7) is 2.75. The normalized spacial score (nSPS) is 23.6. The zero-order valence-electron chi connectivity index (χ0n) is 12.2. The zero-order chi connectivity index (χ0) is 14.5. The van der Waals surface area contributed by atoms with Crippen LogP contribution in [-0.4, -0.2) is 38.0 Å². The minimum Gasteiger partial charge on any atom is -0.380 e. The highest BCUT2D eigenvalue weighted by atomic mass is 32.2. The van der Waals surface area contributed by atoms with Crippen LogP contribution in [-0.2, 0) is 9.53 Å². The lowest BCUT2D eigenvalue weighted by Gasteiger charge is -2.18. The van der Waals surface area contributed by atoms with Crippen LogP contribution in [0.25, 0.3) is 0 Å². The third-order valence-corrected chi connectivity index (χ3v) is 4.46. The third kappa shape index (κ3) is 3.75. The second-order valence-corrected chi connectivity index (χ2v) is 5.94. The molecule has 3 atom stereocenters. The van der Waals surface area contributed by atoms with Crippen molar-refractivity contribution in [3.63, 3.8) is 0 Å². The summed E-state index contributed by atoms with van der Waals surface area (Å²) < 4.78 is 5.26. The quantitative estimate of drug-likeness (QED) is 0.815. The molecule has 1 aliphatic heterocycles. The van der Waals surface area contributed by atoms with Crippen molar-refractivity contribution in [2.75, 3.05) is 19.9 Å². The Kier molecular flexibility index (Phi) is 5.46. The van der Waals surface area contributed by atoms with Crippen LogP contribution in [0.5, 0.6) is 0 Å². The summed E-state index contributed by atoms with van der Waals surface area (Å²) >= 11 is 1.71. The van der Waals surface area contributed by atoms with Gasteiger partial charge in [0.2, 0.25) is 5.91 Å². The van der Waals surface area contributed by atoms with Gasteiger partial charge in [-0.15, -0.1) is 11.8 Å². The number of hydrogen-bond acceptors (Lipinski definition) is 4. The van der Waals surface area contributed by atoms with E-state index in [1.165, 1.54) is 4.90 Å². The van der Waals surface area contributed by atoms with E-state index in [2.05, 4.69) is 41.2 Å². The molecule has 0 saturated carbocycles. The summed E-state index contributed by atoms with van der Waals surface area (Å²) in [4.78, 5) is 13.4.